The van der Waals surface area contributed by atoms with Crippen molar-refractivity contribution in [1.29, 1.82) is 0 Å². The van der Waals surface area contributed by atoms with Crippen LogP contribution in [0.5, 0.6) is 0 Å². The van der Waals surface area contributed by atoms with E-state index < -0.39 is 24.5 Å². The van der Waals surface area contributed by atoms with Gasteiger partial charge in [0.15, 0.2) is 0 Å². The fourth-order valence-corrected chi connectivity index (χ4v) is 2.24. The minimum absolute atomic E-state index is 0.0451. The van der Waals surface area contributed by atoms with E-state index in [9.17, 15) is 22.8 Å². The molecule has 1 atom stereocenters. The molecule has 0 aromatic heterocycles. The summed E-state index contributed by atoms with van der Waals surface area (Å²) in [6.07, 6.45) is -4.49. The molecule has 1 N–H and O–H groups in total. The summed E-state index contributed by atoms with van der Waals surface area (Å²) in [5.41, 5.74) is 0.919. The molecule has 1 saturated heterocycles. The molecular formula is C14H15F3N2O2. The topological polar surface area (TPSA) is 49.4 Å². The molecule has 7 heteroatoms. The van der Waals surface area contributed by atoms with Gasteiger partial charge in [-0.2, -0.15) is 13.2 Å². The molecule has 2 rings (SSSR count). The lowest BCUT2D eigenvalue weighted by atomic mass is 10.1. The molecule has 0 aliphatic carbocycles. The Morgan fingerprint density at radius 3 is 2.57 bits per heavy atom. The number of carbonyl (C=O) groups is 2. The highest BCUT2D eigenvalue weighted by Crippen LogP contribution is 2.21. The van der Waals surface area contributed by atoms with Crippen molar-refractivity contribution >= 4 is 11.8 Å². The van der Waals surface area contributed by atoms with Gasteiger partial charge < -0.3 is 10.2 Å². The zero-order valence-electron chi connectivity index (χ0n) is 11.2. The van der Waals surface area contributed by atoms with Gasteiger partial charge in [-0.05, 0) is 5.56 Å². The Bertz CT molecular complexity index is 517. The summed E-state index contributed by atoms with van der Waals surface area (Å²) in [6, 6.07) is 9.23. The average molecular weight is 300 g/mol. The summed E-state index contributed by atoms with van der Waals surface area (Å²) >= 11 is 0. The Morgan fingerprint density at radius 1 is 1.29 bits per heavy atom. The van der Waals surface area contributed by atoms with Crippen LogP contribution in [-0.2, 0) is 16.1 Å². The molecule has 1 aromatic carbocycles. The summed E-state index contributed by atoms with van der Waals surface area (Å²) in [5.74, 6) is -1.66. The fraction of sp³-hybridized carbons (Fsp3) is 0.429. The van der Waals surface area contributed by atoms with Crippen LogP contribution in [0.2, 0.25) is 0 Å². The van der Waals surface area contributed by atoms with E-state index in [1.54, 1.807) is 0 Å². The number of nitrogens with one attached hydrogen (secondary N) is 1. The van der Waals surface area contributed by atoms with Crippen molar-refractivity contribution in [3.63, 3.8) is 0 Å². The van der Waals surface area contributed by atoms with Crippen LogP contribution in [-0.4, -0.2) is 36.0 Å². The molecule has 2 amide bonds. The molecule has 21 heavy (non-hydrogen) atoms. The highest BCUT2D eigenvalue weighted by atomic mass is 19.4. The molecule has 1 fully saturated rings. The summed E-state index contributed by atoms with van der Waals surface area (Å²) in [5, 5.41) is 1.83. The van der Waals surface area contributed by atoms with Crippen LogP contribution in [0.3, 0.4) is 0 Å². The van der Waals surface area contributed by atoms with Gasteiger partial charge in [0, 0.05) is 19.5 Å². The summed E-state index contributed by atoms with van der Waals surface area (Å²) in [4.78, 5) is 25.0. The van der Waals surface area contributed by atoms with Gasteiger partial charge in [0.2, 0.25) is 11.8 Å². The van der Waals surface area contributed by atoms with Crippen molar-refractivity contribution in [3.05, 3.63) is 35.9 Å². The summed E-state index contributed by atoms with van der Waals surface area (Å²) in [7, 11) is 0. The molecule has 114 valence electrons. The van der Waals surface area contributed by atoms with Gasteiger partial charge in [-0.1, -0.05) is 30.3 Å². The molecule has 0 spiro atoms. The van der Waals surface area contributed by atoms with Gasteiger partial charge in [-0.15, -0.1) is 0 Å². The molecule has 1 aromatic rings. The minimum atomic E-state index is -4.44. The Hall–Kier alpha value is -2.05. The fourth-order valence-electron chi connectivity index (χ4n) is 2.24. The second-order valence-corrected chi connectivity index (χ2v) is 4.99. The second kappa shape index (κ2) is 6.15. The quantitative estimate of drug-likeness (QED) is 0.920. The predicted octanol–water partition coefficient (Wildman–Crippen LogP) is 1.71. The van der Waals surface area contributed by atoms with E-state index in [1.807, 2.05) is 35.6 Å². The maximum absolute atomic E-state index is 12.1. The number of amides is 2. The number of alkyl halides is 3. The first-order chi connectivity index (χ1) is 9.85. The first-order valence-electron chi connectivity index (χ1n) is 6.51. The number of nitrogens with zero attached hydrogens (tertiary/aromatic N) is 1. The lowest BCUT2D eigenvalue weighted by Gasteiger charge is -2.17. The highest BCUT2D eigenvalue weighted by molar-refractivity contribution is 5.89. The van der Waals surface area contributed by atoms with Gasteiger partial charge in [-0.3, -0.25) is 9.59 Å². The summed E-state index contributed by atoms with van der Waals surface area (Å²) < 4.78 is 36.2. The predicted molar refractivity (Wildman–Crippen MR) is 69.0 cm³/mol. The van der Waals surface area contributed by atoms with Crippen LogP contribution in [0.25, 0.3) is 0 Å². The monoisotopic (exact) mass is 300 g/mol. The normalized spacial score (nSPS) is 18.9. The molecule has 0 bridgehead atoms. The third-order valence-electron chi connectivity index (χ3n) is 3.26. The molecule has 1 aliphatic rings. The number of rotatable bonds is 4. The number of likely N-dealkylation sites (tertiary alicyclic amines) is 1. The van der Waals surface area contributed by atoms with Crippen molar-refractivity contribution in [2.75, 3.05) is 13.1 Å². The Kier molecular flexibility index (Phi) is 4.50. The molecule has 1 heterocycles. The molecule has 0 unspecified atom stereocenters. The number of benzene rings is 1. The molecule has 1 aliphatic heterocycles. The van der Waals surface area contributed by atoms with Crippen LogP contribution in [0, 0.1) is 5.92 Å². The van der Waals surface area contributed by atoms with Crippen LogP contribution < -0.4 is 5.32 Å². The third-order valence-corrected chi connectivity index (χ3v) is 3.26. The Labute approximate surface area is 119 Å². The third kappa shape index (κ3) is 4.47. The maximum Gasteiger partial charge on any atom is 0.405 e. The minimum Gasteiger partial charge on any atom is -0.347 e. The lowest BCUT2D eigenvalue weighted by Crippen LogP contribution is -2.38. The zero-order chi connectivity index (χ0) is 15.5. The Morgan fingerprint density at radius 2 is 1.95 bits per heavy atom. The maximum atomic E-state index is 12.1. The van der Waals surface area contributed by atoms with Gasteiger partial charge >= 0.3 is 6.18 Å². The van der Waals surface area contributed by atoms with Crippen LogP contribution in [0.1, 0.15) is 12.0 Å². The van der Waals surface area contributed by atoms with E-state index in [-0.39, 0.29) is 18.9 Å². The molecule has 4 nitrogen and oxygen atoms in total. The molecule has 0 radical (unpaired) electrons. The highest BCUT2D eigenvalue weighted by Gasteiger charge is 2.36. The number of halogens is 3. The molecule has 0 saturated carbocycles. The first kappa shape index (κ1) is 15.3. The smallest absolute Gasteiger partial charge is 0.347 e. The SMILES string of the molecule is O=C(NCC(F)(F)F)[C@H]1CC(=O)N(Cc2ccccc2)C1. The van der Waals surface area contributed by atoms with Crippen LogP contribution >= 0.6 is 0 Å². The standard InChI is InChI=1S/C14H15F3N2O2/c15-14(16,17)9-18-13(21)11-6-12(20)19(8-11)7-10-4-2-1-3-5-10/h1-5,11H,6-9H2,(H,18,21)/t11-/m0/s1. The lowest BCUT2D eigenvalue weighted by molar-refractivity contribution is -0.140. The Balaban J connectivity index is 1.89. The van der Waals surface area contributed by atoms with E-state index >= 15 is 0 Å². The largest absolute Gasteiger partial charge is 0.405 e. The van der Waals surface area contributed by atoms with E-state index in [4.69, 9.17) is 0 Å². The van der Waals surface area contributed by atoms with E-state index in [2.05, 4.69) is 0 Å². The van der Waals surface area contributed by atoms with Crippen molar-refractivity contribution in [2.24, 2.45) is 5.92 Å². The van der Waals surface area contributed by atoms with Gasteiger partial charge in [0.25, 0.3) is 0 Å². The second-order valence-electron chi connectivity index (χ2n) is 4.99. The number of hydrogen-bond donors (Lipinski definition) is 1. The van der Waals surface area contributed by atoms with Crippen LogP contribution in [0.15, 0.2) is 30.3 Å². The van der Waals surface area contributed by atoms with Gasteiger partial charge in [0.05, 0.1) is 5.92 Å². The van der Waals surface area contributed by atoms with E-state index in [0.29, 0.717) is 6.54 Å². The average Bonchev–Trinajstić information content (AvgIpc) is 2.78. The van der Waals surface area contributed by atoms with E-state index in [0.717, 1.165) is 5.56 Å². The number of hydrogen-bond acceptors (Lipinski definition) is 2. The van der Waals surface area contributed by atoms with Gasteiger partial charge in [-0.25, -0.2) is 0 Å². The van der Waals surface area contributed by atoms with Crippen molar-refractivity contribution < 1.29 is 22.8 Å². The first-order valence-corrected chi connectivity index (χ1v) is 6.51. The summed E-state index contributed by atoms with van der Waals surface area (Å²) in [6.45, 7) is -0.852. The number of carbonyl (C=O) groups excluding carboxylic acids is 2. The zero-order valence-corrected chi connectivity index (χ0v) is 11.2. The van der Waals surface area contributed by atoms with Crippen LogP contribution in [0.4, 0.5) is 13.2 Å². The van der Waals surface area contributed by atoms with Gasteiger partial charge in [0.1, 0.15) is 6.54 Å². The van der Waals surface area contributed by atoms with Crippen molar-refractivity contribution in [2.45, 2.75) is 19.1 Å². The molecular weight excluding hydrogens is 285 g/mol. The van der Waals surface area contributed by atoms with Crippen molar-refractivity contribution in [1.82, 2.24) is 10.2 Å². The van der Waals surface area contributed by atoms with E-state index in [1.165, 1.54) is 4.90 Å². The van der Waals surface area contributed by atoms with Crippen molar-refractivity contribution in [3.8, 4) is 0 Å².